The maximum Gasteiger partial charge on any atom is 0.194 e. The Morgan fingerprint density at radius 3 is 2.03 bits per heavy atom. The van der Waals surface area contributed by atoms with Gasteiger partial charge in [-0.25, -0.2) is 30.7 Å². The summed E-state index contributed by atoms with van der Waals surface area (Å²) >= 11 is 0. The number of hydrogen-bond acceptors (Lipinski definition) is 1. The molecule has 0 saturated carbocycles. The maximum absolute atomic E-state index is 14.4. The van der Waals surface area contributed by atoms with E-state index in [1.54, 1.807) is 0 Å². The van der Waals surface area contributed by atoms with Crippen LogP contribution in [0.25, 0.3) is 17.0 Å². The minimum absolute atomic E-state index is 0.0541. The van der Waals surface area contributed by atoms with Crippen molar-refractivity contribution in [3.05, 3.63) is 94.6 Å². The highest BCUT2D eigenvalue weighted by Crippen LogP contribution is 2.31. The standard InChI is InChI=1S/C23H15F7O/c1-2-16(24)22(29)14-3-5-15(17(25)10-14)13-4-6-21(18(26)9-13)31-11-12-7-19(27)23(30)20(28)8-12/h3-10H,2,11H2,1H3. The van der Waals surface area contributed by atoms with E-state index in [-0.39, 0.29) is 34.4 Å². The second kappa shape index (κ2) is 9.24. The molecular weight excluding hydrogens is 425 g/mol. The Morgan fingerprint density at radius 2 is 1.45 bits per heavy atom. The molecule has 3 aromatic rings. The topological polar surface area (TPSA) is 9.23 Å². The molecule has 8 heteroatoms. The fourth-order valence-electron chi connectivity index (χ4n) is 2.84. The van der Waals surface area contributed by atoms with E-state index in [0.29, 0.717) is 0 Å². The van der Waals surface area contributed by atoms with Gasteiger partial charge >= 0.3 is 0 Å². The summed E-state index contributed by atoms with van der Waals surface area (Å²) < 4.78 is 101. The molecule has 0 bridgehead atoms. The summed E-state index contributed by atoms with van der Waals surface area (Å²) in [5.41, 5.74) is -0.287. The lowest BCUT2D eigenvalue weighted by Crippen LogP contribution is -2.01. The van der Waals surface area contributed by atoms with Gasteiger partial charge in [0, 0.05) is 11.1 Å². The zero-order valence-electron chi connectivity index (χ0n) is 16.1. The zero-order chi connectivity index (χ0) is 22.7. The summed E-state index contributed by atoms with van der Waals surface area (Å²) in [7, 11) is 0. The molecule has 0 N–H and O–H groups in total. The summed E-state index contributed by atoms with van der Waals surface area (Å²) in [4.78, 5) is 0. The van der Waals surface area contributed by atoms with Crippen molar-refractivity contribution in [3.63, 3.8) is 0 Å². The van der Waals surface area contributed by atoms with Crippen LogP contribution >= 0.6 is 0 Å². The van der Waals surface area contributed by atoms with Crippen LogP contribution < -0.4 is 4.74 Å². The van der Waals surface area contributed by atoms with Crippen LogP contribution in [-0.4, -0.2) is 0 Å². The van der Waals surface area contributed by atoms with Crippen molar-refractivity contribution in [2.45, 2.75) is 20.0 Å². The van der Waals surface area contributed by atoms with Crippen molar-refractivity contribution in [1.29, 1.82) is 0 Å². The van der Waals surface area contributed by atoms with Crippen LogP contribution in [-0.2, 0) is 6.61 Å². The molecule has 0 radical (unpaired) electrons. The van der Waals surface area contributed by atoms with Crippen molar-refractivity contribution in [1.82, 2.24) is 0 Å². The monoisotopic (exact) mass is 440 g/mol. The Balaban J connectivity index is 1.81. The first-order valence-electron chi connectivity index (χ1n) is 9.11. The molecule has 3 rings (SSSR count). The van der Waals surface area contributed by atoms with Gasteiger partial charge in [-0.05, 0) is 47.9 Å². The zero-order valence-corrected chi connectivity index (χ0v) is 16.1. The van der Waals surface area contributed by atoms with Crippen LogP contribution in [0.4, 0.5) is 30.7 Å². The van der Waals surface area contributed by atoms with Gasteiger partial charge in [0.05, 0.1) is 0 Å². The Morgan fingerprint density at radius 1 is 0.774 bits per heavy atom. The molecule has 0 unspecified atom stereocenters. The molecule has 3 aromatic carbocycles. The molecule has 1 nitrogen and oxygen atoms in total. The van der Waals surface area contributed by atoms with Crippen molar-refractivity contribution in [2.24, 2.45) is 0 Å². The second-order valence-electron chi connectivity index (χ2n) is 6.57. The molecule has 0 amide bonds. The Labute approximate surface area is 173 Å². The third-order valence-electron chi connectivity index (χ3n) is 4.45. The normalized spacial score (nSPS) is 12.0. The molecule has 0 aliphatic rings. The number of benzene rings is 3. The summed E-state index contributed by atoms with van der Waals surface area (Å²) in [6.45, 7) is 0.969. The van der Waals surface area contributed by atoms with E-state index < -0.39 is 47.3 Å². The Hall–Kier alpha value is -3.29. The molecule has 162 valence electrons. The SMILES string of the molecule is CCC(F)=C(F)c1ccc(-c2ccc(OCc3cc(F)c(F)c(F)c3)c(F)c2)c(F)c1. The Kier molecular flexibility index (Phi) is 6.68. The highest BCUT2D eigenvalue weighted by molar-refractivity contribution is 5.69. The molecule has 0 heterocycles. The van der Waals surface area contributed by atoms with E-state index in [4.69, 9.17) is 4.74 Å². The summed E-state index contributed by atoms with van der Waals surface area (Å²) in [5, 5.41) is 0. The highest BCUT2D eigenvalue weighted by atomic mass is 19.2. The third-order valence-corrected chi connectivity index (χ3v) is 4.45. The predicted molar refractivity (Wildman–Crippen MR) is 102 cm³/mol. The third kappa shape index (κ3) is 4.90. The van der Waals surface area contributed by atoms with Crippen molar-refractivity contribution in [2.75, 3.05) is 0 Å². The second-order valence-corrected chi connectivity index (χ2v) is 6.57. The molecule has 0 saturated heterocycles. The van der Waals surface area contributed by atoms with Crippen molar-refractivity contribution in [3.8, 4) is 16.9 Å². The number of ether oxygens (including phenoxy) is 1. The van der Waals surface area contributed by atoms with Gasteiger partial charge in [0.1, 0.15) is 18.3 Å². The highest BCUT2D eigenvalue weighted by Gasteiger charge is 2.15. The van der Waals surface area contributed by atoms with Crippen LogP contribution in [0.1, 0.15) is 24.5 Å². The lowest BCUT2D eigenvalue weighted by atomic mass is 10.0. The number of halogens is 7. The first kappa shape index (κ1) is 22.4. The van der Waals surface area contributed by atoms with Gasteiger partial charge in [-0.15, -0.1) is 0 Å². The van der Waals surface area contributed by atoms with Gasteiger partial charge in [-0.1, -0.05) is 25.1 Å². The van der Waals surface area contributed by atoms with E-state index in [2.05, 4.69) is 0 Å². The minimum atomic E-state index is -1.62. The molecule has 0 atom stereocenters. The van der Waals surface area contributed by atoms with Crippen LogP contribution in [0, 0.1) is 29.1 Å². The fourth-order valence-corrected chi connectivity index (χ4v) is 2.84. The van der Waals surface area contributed by atoms with Crippen molar-refractivity contribution < 1.29 is 35.5 Å². The molecular formula is C23H15F7O. The van der Waals surface area contributed by atoms with Crippen LogP contribution in [0.2, 0.25) is 0 Å². The van der Waals surface area contributed by atoms with E-state index in [1.165, 1.54) is 31.2 Å². The van der Waals surface area contributed by atoms with Gasteiger partial charge in [0.15, 0.2) is 34.8 Å². The first-order valence-corrected chi connectivity index (χ1v) is 9.11. The van der Waals surface area contributed by atoms with E-state index in [0.717, 1.165) is 24.3 Å². The molecule has 0 fully saturated rings. The number of hydrogen-bond donors (Lipinski definition) is 0. The van der Waals surface area contributed by atoms with Gasteiger partial charge in [-0.3, -0.25) is 0 Å². The molecule has 0 aromatic heterocycles. The molecule has 0 aliphatic carbocycles. The number of allylic oxidation sites excluding steroid dienone is 1. The first-order chi connectivity index (χ1) is 14.7. The quantitative estimate of drug-likeness (QED) is 0.283. The van der Waals surface area contributed by atoms with Crippen molar-refractivity contribution >= 4 is 5.83 Å². The minimum Gasteiger partial charge on any atom is -0.486 e. The molecule has 31 heavy (non-hydrogen) atoms. The summed E-state index contributed by atoms with van der Waals surface area (Å²) in [5.74, 6) is -8.69. The van der Waals surface area contributed by atoms with Gasteiger partial charge in [0.2, 0.25) is 0 Å². The van der Waals surface area contributed by atoms with Gasteiger partial charge in [0.25, 0.3) is 0 Å². The lowest BCUT2D eigenvalue weighted by Gasteiger charge is -2.11. The van der Waals surface area contributed by atoms with Crippen LogP contribution in [0.3, 0.4) is 0 Å². The van der Waals surface area contributed by atoms with Crippen LogP contribution in [0.15, 0.2) is 54.4 Å². The van der Waals surface area contributed by atoms with Crippen LogP contribution in [0.5, 0.6) is 5.75 Å². The van der Waals surface area contributed by atoms with Gasteiger partial charge < -0.3 is 4.74 Å². The Bertz CT molecular complexity index is 1130. The number of rotatable bonds is 6. The smallest absolute Gasteiger partial charge is 0.194 e. The largest absolute Gasteiger partial charge is 0.486 e. The average molecular weight is 440 g/mol. The lowest BCUT2D eigenvalue weighted by molar-refractivity contribution is 0.288. The molecule has 0 aliphatic heterocycles. The van der Waals surface area contributed by atoms with Gasteiger partial charge in [-0.2, -0.15) is 0 Å². The van der Waals surface area contributed by atoms with E-state index in [9.17, 15) is 30.7 Å². The maximum atomic E-state index is 14.4. The fraction of sp³-hybridized carbons (Fsp3) is 0.130. The predicted octanol–water partition coefficient (Wildman–Crippen LogP) is 7.65. The average Bonchev–Trinajstić information content (AvgIpc) is 2.75. The molecule has 0 spiro atoms. The van der Waals surface area contributed by atoms with E-state index >= 15 is 0 Å². The van der Waals surface area contributed by atoms with E-state index in [1.807, 2.05) is 0 Å². The summed E-state index contributed by atoms with van der Waals surface area (Å²) in [6, 6.07) is 8.05. The summed E-state index contributed by atoms with van der Waals surface area (Å²) in [6.07, 6.45) is -0.181.